The number of rotatable bonds is 2. The van der Waals surface area contributed by atoms with Crippen LogP contribution in [-0.2, 0) is 4.74 Å². The molecular formula is C12H17BrN2O2S. The summed E-state index contributed by atoms with van der Waals surface area (Å²) in [5.74, 6) is 0.352. The van der Waals surface area contributed by atoms with Gasteiger partial charge in [0.2, 0.25) is 0 Å². The molecule has 1 aliphatic rings. The number of halogens is 1. The number of thiazole rings is 1. The molecule has 4 nitrogen and oxygen atoms in total. The van der Waals surface area contributed by atoms with E-state index in [2.05, 4.69) is 20.9 Å². The van der Waals surface area contributed by atoms with E-state index in [0.717, 1.165) is 16.0 Å². The molecule has 18 heavy (non-hydrogen) atoms. The molecule has 1 saturated carbocycles. The number of nitrogens with zero attached hydrogens (tertiary/aromatic N) is 2. The summed E-state index contributed by atoms with van der Waals surface area (Å²) in [6.45, 7) is 5.63. The average molecular weight is 333 g/mol. The van der Waals surface area contributed by atoms with Gasteiger partial charge in [-0.2, -0.15) is 0 Å². The largest absolute Gasteiger partial charge is 0.444 e. The van der Waals surface area contributed by atoms with Crippen LogP contribution in [0.25, 0.3) is 0 Å². The van der Waals surface area contributed by atoms with E-state index < -0.39 is 5.60 Å². The van der Waals surface area contributed by atoms with E-state index in [4.69, 9.17) is 4.74 Å². The van der Waals surface area contributed by atoms with E-state index in [1.807, 2.05) is 26.2 Å². The predicted octanol–water partition coefficient (Wildman–Crippen LogP) is 3.63. The second-order valence-electron chi connectivity index (χ2n) is 5.53. The first-order chi connectivity index (χ1) is 8.28. The van der Waals surface area contributed by atoms with Crippen LogP contribution in [0.2, 0.25) is 0 Å². The summed E-state index contributed by atoms with van der Waals surface area (Å²) in [7, 11) is 1.79. The van der Waals surface area contributed by atoms with Gasteiger partial charge in [-0.15, -0.1) is 11.3 Å². The van der Waals surface area contributed by atoms with Gasteiger partial charge in [-0.25, -0.2) is 9.78 Å². The lowest BCUT2D eigenvalue weighted by Crippen LogP contribution is -2.36. The second-order valence-corrected chi connectivity index (χ2v) is 7.66. The molecule has 0 saturated heterocycles. The molecule has 100 valence electrons. The predicted molar refractivity (Wildman–Crippen MR) is 75.0 cm³/mol. The third kappa shape index (κ3) is 3.23. The minimum absolute atomic E-state index is 0.217. The fourth-order valence-electron chi connectivity index (χ4n) is 1.83. The topological polar surface area (TPSA) is 42.4 Å². The highest BCUT2D eigenvalue weighted by Crippen LogP contribution is 2.45. The molecule has 1 fully saturated rings. The third-order valence-corrected chi connectivity index (χ3v) is 4.19. The maximum atomic E-state index is 11.9. The van der Waals surface area contributed by atoms with E-state index in [1.165, 1.54) is 0 Å². The Kier molecular flexibility index (Phi) is 3.69. The highest BCUT2D eigenvalue weighted by atomic mass is 79.9. The quantitative estimate of drug-likeness (QED) is 0.830. The molecule has 2 atom stereocenters. The van der Waals surface area contributed by atoms with E-state index in [9.17, 15) is 4.79 Å². The summed E-state index contributed by atoms with van der Waals surface area (Å²) in [5.41, 5.74) is 0.617. The Morgan fingerprint density at radius 3 is 2.78 bits per heavy atom. The van der Waals surface area contributed by atoms with E-state index in [0.29, 0.717) is 5.92 Å². The third-order valence-electron chi connectivity index (χ3n) is 2.81. The summed E-state index contributed by atoms with van der Waals surface area (Å²) in [6.07, 6.45) is 0.704. The van der Waals surface area contributed by atoms with Gasteiger partial charge in [-0.05, 0) is 43.1 Å². The molecule has 0 aliphatic heterocycles. The highest BCUT2D eigenvalue weighted by molar-refractivity contribution is 9.11. The van der Waals surface area contributed by atoms with Crippen LogP contribution in [0, 0.1) is 0 Å². The van der Waals surface area contributed by atoms with Gasteiger partial charge in [-0.3, -0.25) is 0 Å². The molecule has 1 aliphatic carbocycles. The maximum absolute atomic E-state index is 11.9. The van der Waals surface area contributed by atoms with Crippen LogP contribution in [-0.4, -0.2) is 34.7 Å². The lowest BCUT2D eigenvalue weighted by Gasteiger charge is -2.24. The van der Waals surface area contributed by atoms with Gasteiger partial charge in [0.05, 0.1) is 5.69 Å². The van der Waals surface area contributed by atoms with Crippen LogP contribution in [0.4, 0.5) is 4.79 Å². The zero-order valence-corrected chi connectivity index (χ0v) is 13.3. The standard InChI is InChI=1S/C12H17BrN2O2S/c1-12(2,3)17-11(16)15(4)9-5-7(9)8-6-18-10(13)14-8/h6-7,9H,5H2,1-4H3. The Morgan fingerprint density at radius 2 is 2.28 bits per heavy atom. The Bertz CT molecular complexity index is 455. The van der Waals surface area contributed by atoms with Crippen molar-refractivity contribution in [2.45, 2.75) is 44.8 Å². The molecule has 0 spiro atoms. The Hall–Kier alpha value is -0.620. The fraction of sp³-hybridized carbons (Fsp3) is 0.667. The van der Waals surface area contributed by atoms with Gasteiger partial charge in [0.1, 0.15) is 5.60 Å². The Morgan fingerprint density at radius 1 is 1.61 bits per heavy atom. The second kappa shape index (κ2) is 4.81. The molecule has 1 amide bonds. The van der Waals surface area contributed by atoms with Crippen LogP contribution in [0.1, 0.15) is 38.8 Å². The number of amides is 1. The molecular weight excluding hydrogens is 316 g/mol. The van der Waals surface area contributed by atoms with Crippen molar-refractivity contribution in [2.24, 2.45) is 0 Å². The van der Waals surface area contributed by atoms with Crippen LogP contribution in [0.3, 0.4) is 0 Å². The summed E-state index contributed by atoms with van der Waals surface area (Å²) in [6, 6.07) is 0.217. The van der Waals surface area contributed by atoms with Gasteiger partial charge < -0.3 is 9.64 Å². The van der Waals surface area contributed by atoms with Crippen LogP contribution >= 0.6 is 27.3 Å². The van der Waals surface area contributed by atoms with E-state index in [1.54, 1.807) is 23.3 Å². The first-order valence-electron chi connectivity index (χ1n) is 5.84. The highest BCUT2D eigenvalue weighted by Gasteiger charge is 2.45. The number of aromatic nitrogens is 1. The minimum Gasteiger partial charge on any atom is -0.444 e. The van der Waals surface area contributed by atoms with Crippen molar-refractivity contribution in [1.29, 1.82) is 0 Å². The summed E-state index contributed by atoms with van der Waals surface area (Å²) in [5, 5.41) is 2.04. The fourth-order valence-corrected chi connectivity index (χ4v) is 2.92. The molecule has 6 heteroatoms. The van der Waals surface area contributed by atoms with Gasteiger partial charge in [-0.1, -0.05) is 0 Å². The van der Waals surface area contributed by atoms with E-state index in [-0.39, 0.29) is 12.1 Å². The van der Waals surface area contributed by atoms with Gasteiger partial charge in [0.15, 0.2) is 3.92 Å². The zero-order valence-electron chi connectivity index (χ0n) is 10.9. The van der Waals surface area contributed by atoms with Crippen molar-refractivity contribution in [3.8, 4) is 0 Å². The molecule has 1 aromatic rings. The minimum atomic E-state index is -0.445. The molecule has 2 unspecified atom stereocenters. The van der Waals surface area contributed by atoms with E-state index >= 15 is 0 Å². The van der Waals surface area contributed by atoms with Crippen molar-refractivity contribution >= 4 is 33.4 Å². The van der Waals surface area contributed by atoms with Crippen LogP contribution in [0.15, 0.2) is 9.30 Å². The smallest absolute Gasteiger partial charge is 0.410 e. The monoisotopic (exact) mass is 332 g/mol. The number of likely N-dealkylation sites (N-methyl/N-ethyl adjacent to an activating group) is 1. The molecule has 0 aromatic carbocycles. The first-order valence-corrected chi connectivity index (χ1v) is 7.52. The molecule has 1 heterocycles. The van der Waals surface area contributed by atoms with Crippen molar-refractivity contribution in [3.63, 3.8) is 0 Å². The average Bonchev–Trinajstić information content (AvgIpc) is 2.91. The summed E-state index contributed by atoms with van der Waals surface area (Å²) >= 11 is 4.93. The number of hydrogen-bond acceptors (Lipinski definition) is 4. The van der Waals surface area contributed by atoms with Crippen molar-refractivity contribution in [3.05, 3.63) is 15.0 Å². The maximum Gasteiger partial charge on any atom is 0.410 e. The van der Waals surface area contributed by atoms with Crippen LogP contribution < -0.4 is 0 Å². The number of carbonyl (C=O) groups excluding carboxylic acids is 1. The lowest BCUT2D eigenvalue weighted by molar-refractivity contribution is 0.0282. The van der Waals surface area contributed by atoms with Crippen molar-refractivity contribution < 1.29 is 9.53 Å². The molecule has 2 rings (SSSR count). The lowest BCUT2D eigenvalue weighted by atomic mass is 10.2. The van der Waals surface area contributed by atoms with Gasteiger partial charge in [0, 0.05) is 24.4 Å². The summed E-state index contributed by atoms with van der Waals surface area (Å²) in [4.78, 5) is 18.0. The van der Waals surface area contributed by atoms with Gasteiger partial charge in [0.25, 0.3) is 0 Å². The summed E-state index contributed by atoms with van der Waals surface area (Å²) < 4.78 is 6.24. The SMILES string of the molecule is CN(C(=O)OC(C)(C)C)C1CC1c1csc(Br)n1. The molecule has 0 N–H and O–H groups in total. The van der Waals surface area contributed by atoms with Crippen LogP contribution in [0.5, 0.6) is 0 Å². The molecule has 1 aromatic heterocycles. The molecule has 0 radical (unpaired) electrons. The number of hydrogen-bond donors (Lipinski definition) is 0. The zero-order chi connectivity index (χ0) is 13.5. The molecule has 0 bridgehead atoms. The number of carbonyl (C=O) groups is 1. The first kappa shape index (κ1) is 13.8. The Labute approximate surface area is 119 Å². The van der Waals surface area contributed by atoms with Gasteiger partial charge >= 0.3 is 6.09 Å². The Balaban J connectivity index is 1.93. The number of ether oxygens (including phenoxy) is 1. The van der Waals surface area contributed by atoms with Crippen molar-refractivity contribution in [2.75, 3.05) is 7.05 Å². The van der Waals surface area contributed by atoms with Crippen molar-refractivity contribution in [1.82, 2.24) is 9.88 Å². The normalized spacial score (nSPS) is 22.7.